The summed E-state index contributed by atoms with van der Waals surface area (Å²) in [4.78, 5) is 10.3. The summed E-state index contributed by atoms with van der Waals surface area (Å²) < 4.78 is 17.4. The van der Waals surface area contributed by atoms with Crippen molar-refractivity contribution in [3.05, 3.63) is 47.6 Å². The van der Waals surface area contributed by atoms with Crippen LogP contribution in [0.3, 0.4) is 0 Å². The first kappa shape index (κ1) is 31.0. The van der Waals surface area contributed by atoms with Gasteiger partial charge in [-0.15, -0.1) is 0 Å². The Morgan fingerprint density at radius 1 is 1.14 bits per heavy atom. The van der Waals surface area contributed by atoms with Crippen molar-refractivity contribution in [2.24, 2.45) is 5.92 Å². The molecule has 2 saturated heterocycles. The van der Waals surface area contributed by atoms with E-state index >= 15 is 0 Å². The van der Waals surface area contributed by atoms with Crippen LogP contribution < -0.4 is 4.74 Å². The van der Waals surface area contributed by atoms with Crippen LogP contribution in [-0.2, 0) is 14.3 Å². The monoisotopic (exact) mass is 518 g/mol. The molecule has 1 saturated carbocycles. The smallest absolute Gasteiger partial charge is 0.328 e. The second-order valence-corrected chi connectivity index (χ2v) is 10.3. The number of hydrogen-bond acceptors (Lipinski definition) is 6. The quantitative estimate of drug-likeness (QED) is 0.156. The molecule has 4 rings (SSSR count). The minimum absolute atomic E-state index is 0.100. The number of aliphatic carboxylic acids is 1. The standard InChI is InChI=1S/C15H24O2.C14H18O4.CH4O/c1-11(2)7-8-13-14(3,17-13)12-6-4-5-9-15(12)10-16-15;15-10-2-1-3-11-18-13-7-4-12(5-8-13)6-9-14(16)17;1-2/h7,12-13H,4-6,8-10H2,1-3H3;4-9,15H,1-3,10-11H2,(H,16,17);2H,1H3/b;9-6+;. The first-order chi connectivity index (χ1) is 17.8. The maximum atomic E-state index is 10.3. The number of carboxylic acids is 1. The third-order valence-electron chi connectivity index (χ3n) is 7.27. The van der Waals surface area contributed by atoms with Gasteiger partial charge in [-0.2, -0.15) is 0 Å². The fraction of sp³-hybridized carbons (Fsp3) is 0.633. The van der Waals surface area contributed by atoms with Gasteiger partial charge in [-0.25, -0.2) is 4.79 Å². The molecule has 4 atom stereocenters. The fourth-order valence-corrected chi connectivity index (χ4v) is 5.08. The predicted molar refractivity (Wildman–Crippen MR) is 146 cm³/mol. The van der Waals surface area contributed by atoms with E-state index in [-0.39, 0.29) is 17.8 Å². The molecule has 0 radical (unpaired) electrons. The topological polar surface area (TPSA) is 112 Å². The van der Waals surface area contributed by atoms with Gasteiger partial charge in [0.05, 0.1) is 30.5 Å². The number of carbonyl (C=O) groups is 1. The molecule has 0 bridgehead atoms. The molecule has 1 aromatic rings. The molecule has 1 aromatic carbocycles. The number of rotatable bonds is 11. The highest BCUT2D eigenvalue weighted by Crippen LogP contribution is 2.58. The average molecular weight is 519 g/mol. The summed E-state index contributed by atoms with van der Waals surface area (Å²) in [6.45, 7) is 8.45. The molecule has 2 heterocycles. The number of benzene rings is 1. The number of ether oxygens (including phenoxy) is 3. The van der Waals surface area contributed by atoms with Crippen LogP contribution in [-0.4, -0.2) is 65.5 Å². The van der Waals surface area contributed by atoms with Crippen LogP contribution >= 0.6 is 0 Å². The van der Waals surface area contributed by atoms with E-state index in [2.05, 4.69) is 26.8 Å². The Hall–Kier alpha value is -2.19. The van der Waals surface area contributed by atoms with Crippen molar-refractivity contribution >= 4 is 12.0 Å². The van der Waals surface area contributed by atoms with Crippen LogP contribution in [0.25, 0.3) is 6.08 Å². The summed E-state index contributed by atoms with van der Waals surface area (Å²) in [5, 5.41) is 24.1. The first-order valence-corrected chi connectivity index (χ1v) is 13.4. The van der Waals surface area contributed by atoms with E-state index in [1.54, 1.807) is 0 Å². The third-order valence-corrected chi connectivity index (χ3v) is 7.27. The van der Waals surface area contributed by atoms with Gasteiger partial charge in [0, 0.05) is 25.7 Å². The molecule has 3 N–H and O–H groups in total. The van der Waals surface area contributed by atoms with E-state index in [1.165, 1.54) is 37.3 Å². The number of allylic oxidation sites excluding steroid dienone is 1. The van der Waals surface area contributed by atoms with Crippen molar-refractivity contribution < 1.29 is 34.3 Å². The molecule has 7 heteroatoms. The summed E-state index contributed by atoms with van der Waals surface area (Å²) in [7, 11) is 1.00. The molecule has 4 unspecified atom stereocenters. The van der Waals surface area contributed by atoms with Gasteiger partial charge >= 0.3 is 5.97 Å². The van der Waals surface area contributed by atoms with Gasteiger partial charge < -0.3 is 29.5 Å². The zero-order valence-electron chi connectivity index (χ0n) is 22.9. The average Bonchev–Trinajstić information content (AvgIpc) is 3.81. The van der Waals surface area contributed by atoms with E-state index in [4.69, 9.17) is 29.5 Å². The Labute approximate surface area is 222 Å². The SMILES string of the molecule is CC(C)=CCC1OC1(C)C1CCCCC12CO2.CO.O=C(O)/C=C/c1ccc(OCCCCCO)cc1. The molecule has 0 aromatic heterocycles. The Balaban J connectivity index is 0.000000244. The zero-order valence-corrected chi connectivity index (χ0v) is 22.9. The first-order valence-electron chi connectivity index (χ1n) is 13.4. The largest absolute Gasteiger partial charge is 0.494 e. The van der Waals surface area contributed by atoms with Crippen molar-refractivity contribution in [2.45, 2.75) is 89.4 Å². The summed E-state index contributed by atoms with van der Waals surface area (Å²) in [5.41, 5.74) is 2.53. The van der Waals surface area contributed by atoms with Gasteiger partial charge in [0.2, 0.25) is 0 Å². The van der Waals surface area contributed by atoms with Crippen LogP contribution in [0.1, 0.15) is 77.7 Å². The van der Waals surface area contributed by atoms with Crippen LogP contribution in [0, 0.1) is 5.92 Å². The fourth-order valence-electron chi connectivity index (χ4n) is 5.08. The summed E-state index contributed by atoms with van der Waals surface area (Å²) in [5.74, 6) is 0.449. The van der Waals surface area contributed by atoms with Gasteiger partial charge in [-0.3, -0.25) is 0 Å². The maximum Gasteiger partial charge on any atom is 0.328 e. The summed E-state index contributed by atoms with van der Waals surface area (Å²) >= 11 is 0. The second kappa shape index (κ2) is 15.3. The molecule has 3 fully saturated rings. The van der Waals surface area contributed by atoms with E-state index < -0.39 is 5.97 Å². The number of unbranched alkanes of at least 4 members (excludes halogenated alkanes) is 2. The maximum absolute atomic E-state index is 10.3. The van der Waals surface area contributed by atoms with Gasteiger partial charge in [0.1, 0.15) is 5.75 Å². The number of aliphatic hydroxyl groups is 2. The predicted octanol–water partition coefficient (Wildman–Crippen LogP) is 5.39. The summed E-state index contributed by atoms with van der Waals surface area (Å²) in [6, 6.07) is 7.24. The molecular weight excluding hydrogens is 472 g/mol. The van der Waals surface area contributed by atoms with Gasteiger partial charge in [0.25, 0.3) is 0 Å². The number of aliphatic hydroxyl groups excluding tert-OH is 2. The Bertz CT molecular complexity index is 868. The molecule has 37 heavy (non-hydrogen) atoms. The Kier molecular flexibility index (Phi) is 12.8. The molecule has 1 spiro atoms. The van der Waals surface area contributed by atoms with E-state index in [0.717, 1.165) is 56.8 Å². The van der Waals surface area contributed by atoms with Gasteiger partial charge in [-0.1, -0.05) is 36.6 Å². The molecule has 208 valence electrons. The van der Waals surface area contributed by atoms with E-state index in [9.17, 15) is 4.79 Å². The number of carboxylic acid groups (broad SMARTS) is 1. The normalized spacial score (nSPS) is 27.4. The molecular formula is C30H46O7. The van der Waals surface area contributed by atoms with Gasteiger partial charge in [0.15, 0.2) is 0 Å². The van der Waals surface area contributed by atoms with Gasteiger partial charge in [-0.05, 0) is 83.1 Å². The third kappa shape index (κ3) is 9.89. The number of hydrogen-bond donors (Lipinski definition) is 3. The number of epoxide rings is 2. The molecule has 3 aliphatic rings. The Morgan fingerprint density at radius 3 is 2.43 bits per heavy atom. The van der Waals surface area contributed by atoms with Crippen molar-refractivity contribution in [1.29, 1.82) is 0 Å². The molecule has 0 amide bonds. The minimum atomic E-state index is -0.959. The highest BCUT2D eigenvalue weighted by molar-refractivity contribution is 5.85. The minimum Gasteiger partial charge on any atom is -0.494 e. The van der Waals surface area contributed by atoms with Crippen molar-refractivity contribution in [3.63, 3.8) is 0 Å². The zero-order chi connectivity index (χ0) is 27.3. The van der Waals surface area contributed by atoms with E-state index in [0.29, 0.717) is 18.6 Å². The lowest BCUT2D eigenvalue weighted by molar-refractivity contribution is -0.131. The van der Waals surface area contributed by atoms with Crippen molar-refractivity contribution in [3.8, 4) is 5.75 Å². The second-order valence-electron chi connectivity index (χ2n) is 10.3. The highest BCUT2D eigenvalue weighted by atomic mass is 16.6. The van der Waals surface area contributed by atoms with Crippen molar-refractivity contribution in [1.82, 2.24) is 0 Å². The molecule has 2 aliphatic heterocycles. The lowest BCUT2D eigenvalue weighted by atomic mass is 9.71. The van der Waals surface area contributed by atoms with E-state index in [1.807, 2.05) is 24.3 Å². The summed E-state index contributed by atoms with van der Waals surface area (Å²) in [6.07, 6.45) is 14.4. The van der Waals surface area contributed by atoms with Crippen LogP contribution in [0.5, 0.6) is 5.75 Å². The van der Waals surface area contributed by atoms with Crippen LogP contribution in [0.2, 0.25) is 0 Å². The lowest BCUT2D eigenvalue weighted by Crippen LogP contribution is -2.39. The molecule has 7 nitrogen and oxygen atoms in total. The van der Waals surface area contributed by atoms with Crippen LogP contribution in [0.4, 0.5) is 0 Å². The Morgan fingerprint density at radius 2 is 1.84 bits per heavy atom. The van der Waals surface area contributed by atoms with Crippen molar-refractivity contribution in [2.75, 3.05) is 26.9 Å². The van der Waals surface area contributed by atoms with Crippen LogP contribution in [0.15, 0.2) is 42.0 Å². The lowest BCUT2D eigenvalue weighted by Gasteiger charge is -2.32. The molecule has 1 aliphatic carbocycles. The highest BCUT2D eigenvalue weighted by Gasteiger charge is 2.67.